The molecule has 1 aliphatic rings. The minimum atomic E-state index is 0.390. The molecule has 0 amide bonds. The van der Waals surface area contributed by atoms with Crippen LogP contribution in [0, 0.1) is 11.3 Å². The fraction of sp³-hybridized carbons (Fsp3) is 1.00. The van der Waals surface area contributed by atoms with Crippen molar-refractivity contribution in [3.05, 3.63) is 0 Å². The van der Waals surface area contributed by atoms with Gasteiger partial charge in [0, 0.05) is 25.7 Å². The fourth-order valence-electron chi connectivity index (χ4n) is 3.24. The first-order valence-electron chi connectivity index (χ1n) is 8.46. The third-order valence-electron chi connectivity index (χ3n) is 4.80. The second-order valence-corrected chi connectivity index (χ2v) is 7.66. The van der Waals surface area contributed by atoms with Gasteiger partial charge < -0.3 is 15.1 Å². The maximum atomic E-state index is 3.65. The Balaban J connectivity index is 2.36. The highest BCUT2D eigenvalue weighted by Gasteiger charge is 2.27. The summed E-state index contributed by atoms with van der Waals surface area (Å²) >= 11 is 0. The zero-order chi connectivity index (χ0) is 15.2. The highest BCUT2D eigenvalue weighted by atomic mass is 15.2. The van der Waals surface area contributed by atoms with Gasteiger partial charge in [-0.15, -0.1) is 0 Å². The van der Waals surface area contributed by atoms with Crippen LogP contribution < -0.4 is 5.32 Å². The highest BCUT2D eigenvalue weighted by Crippen LogP contribution is 2.23. The van der Waals surface area contributed by atoms with E-state index >= 15 is 0 Å². The van der Waals surface area contributed by atoms with Gasteiger partial charge >= 0.3 is 0 Å². The molecule has 1 fully saturated rings. The van der Waals surface area contributed by atoms with Crippen molar-refractivity contribution in [3.63, 3.8) is 0 Å². The largest absolute Gasteiger partial charge is 0.316 e. The molecule has 1 N–H and O–H groups in total. The van der Waals surface area contributed by atoms with Gasteiger partial charge in [0.15, 0.2) is 0 Å². The number of hydrogen-bond donors (Lipinski definition) is 1. The van der Waals surface area contributed by atoms with Gasteiger partial charge in [-0.05, 0) is 57.8 Å². The minimum absolute atomic E-state index is 0.390. The van der Waals surface area contributed by atoms with Gasteiger partial charge in [0.2, 0.25) is 0 Å². The molecule has 2 unspecified atom stereocenters. The van der Waals surface area contributed by atoms with Crippen molar-refractivity contribution >= 4 is 0 Å². The number of likely N-dealkylation sites (N-methyl/N-ethyl adjacent to an activating group) is 2. The topological polar surface area (TPSA) is 18.5 Å². The lowest BCUT2D eigenvalue weighted by molar-refractivity contribution is 0.148. The number of hydrogen-bond acceptors (Lipinski definition) is 3. The summed E-state index contributed by atoms with van der Waals surface area (Å²) in [4.78, 5) is 5.07. The lowest BCUT2D eigenvalue weighted by Gasteiger charge is -2.35. The summed E-state index contributed by atoms with van der Waals surface area (Å²) in [5.74, 6) is 0.737. The summed E-state index contributed by atoms with van der Waals surface area (Å²) in [5, 5.41) is 3.65. The number of nitrogens with one attached hydrogen (secondary N) is 1. The summed E-state index contributed by atoms with van der Waals surface area (Å²) in [6, 6.07) is 0.768. The third kappa shape index (κ3) is 6.11. The van der Waals surface area contributed by atoms with E-state index < -0.39 is 0 Å². The van der Waals surface area contributed by atoms with E-state index in [0.29, 0.717) is 5.41 Å². The van der Waals surface area contributed by atoms with Crippen LogP contribution in [0.4, 0.5) is 0 Å². The van der Waals surface area contributed by atoms with Gasteiger partial charge in [-0.25, -0.2) is 0 Å². The van der Waals surface area contributed by atoms with Crippen molar-refractivity contribution in [3.8, 4) is 0 Å². The van der Waals surface area contributed by atoms with Gasteiger partial charge in [-0.1, -0.05) is 27.7 Å². The second kappa shape index (κ2) is 8.35. The van der Waals surface area contributed by atoms with Gasteiger partial charge in [0.25, 0.3) is 0 Å². The molecular formula is C17H37N3. The molecule has 0 spiro atoms. The van der Waals surface area contributed by atoms with E-state index in [1.54, 1.807) is 0 Å². The number of nitrogens with zero attached hydrogens (tertiary/aromatic N) is 2. The van der Waals surface area contributed by atoms with Crippen molar-refractivity contribution in [2.45, 2.75) is 53.0 Å². The Labute approximate surface area is 127 Å². The first-order chi connectivity index (χ1) is 9.36. The maximum absolute atomic E-state index is 3.65. The first-order valence-corrected chi connectivity index (χ1v) is 8.46. The molecule has 2 atom stereocenters. The van der Waals surface area contributed by atoms with Crippen LogP contribution in [0.5, 0.6) is 0 Å². The lowest BCUT2D eigenvalue weighted by Crippen LogP contribution is -2.45. The van der Waals surface area contributed by atoms with Crippen LogP contribution in [0.2, 0.25) is 0 Å². The van der Waals surface area contributed by atoms with Crippen LogP contribution in [-0.4, -0.2) is 62.7 Å². The van der Waals surface area contributed by atoms with Crippen LogP contribution in [-0.2, 0) is 0 Å². The van der Waals surface area contributed by atoms with Gasteiger partial charge in [0.1, 0.15) is 0 Å². The molecule has 0 saturated carbocycles. The zero-order valence-corrected chi connectivity index (χ0v) is 14.7. The van der Waals surface area contributed by atoms with Gasteiger partial charge in [-0.2, -0.15) is 0 Å². The standard InChI is InChI=1S/C17H37N3/c1-7-17(4,13-18-11-15(2)3)14-19(5)12-16-9-8-10-20(16)6/h15-16,18H,7-14H2,1-6H3. The molecular weight excluding hydrogens is 246 g/mol. The van der Waals surface area contributed by atoms with Crippen molar-refractivity contribution < 1.29 is 0 Å². The molecule has 20 heavy (non-hydrogen) atoms. The van der Waals surface area contributed by atoms with Gasteiger partial charge in [0.05, 0.1) is 0 Å². The van der Waals surface area contributed by atoms with Crippen LogP contribution in [0.15, 0.2) is 0 Å². The Bertz CT molecular complexity index is 267. The average molecular weight is 284 g/mol. The molecule has 0 aromatic carbocycles. The smallest absolute Gasteiger partial charge is 0.0220 e. The van der Waals surface area contributed by atoms with Crippen LogP contribution in [0.25, 0.3) is 0 Å². The quantitative estimate of drug-likeness (QED) is 0.702. The van der Waals surface area contributed by atoms with Crippen molar-refractivity contribution in [2.75, 3.05) is 46.8 Å². The molecule has 1 heterocycles. The molecule has 0 aromatic heterocycles. The second-order valence-electron chi connectivity index (χ2n) is 7.66. The molecule has 3 nitrogen and oxygen atoms in total. The highest BCUT2D eigenvalue weighted by molar-refractivity contribution is 4.83. The van der Waals surface area contributed by atoms with E-state index in [1.165, 1.54) is 38.9 Å². The van der Waals surface area contributed by atoms with Crippen LogP contribution in [0.1, 0.15) is 47.0 Å². The summed E-state index contributed by atoms with van der Waals surface area (Å²) in [6.07, 6.45) is 3.98. The van der Waals surface area contributed by atoms with Crippen molar-refractivity contribution in [2.24, 2.45) is 11.3 Å². The van der Waals surface area contributed by atoms with E-state index in [4.69, 9.17) is 0 Å². The number of likely N-dealkylation sites (tertiary alicyclic amines) is 1. The molecule has 0 bridgehead atoms. The zero-order valence-electron chi connectivity index (χ0n) is 14.7. The van der Waals surface area contributed by atoms with E-state index in [1.807, 2.05) is 0 Å². The molecule has 1 aliphatic heterocycles. The van der Waals surface area contributed by atoms with E-state index in [0.717, 1.165) is 25.0 Å². The predicted molar refractivity (Wildman–Crippen MR) is 89.3 cm³/mol. The minimum Gasteiger partial charge on any atom is -0.316 e. The molecule has 0 aromatic rings. The Morgan fingerprint density at radius 1 is 1.40 bits per heavy atom. The molecule has 3 heteroatoms. The van der Waals surface area contributed by atoms with E-state index in [2.05, 4.69) is 56.9 Å². The molecule has 0 aliphatic carbocycles. The number of rotatable bonds is 9. The van der Waals surface area contributed by atoms with E-state index in [-0.39, 0.29) is 0 Å². The third-order valence-corrected chi connectivity index (χ3v) is 4.80. The monoisotopic (exact) mass is 283 g/mol. The molecule has 1 saturated heterocycles. The Kier molecular flexibility index (Phi) is 7.49. The SMILES string of the molecule is CCC(C)(CNCC(C)C)CN(C)CC1CCCN1C. The van der Waals surface area contributed by atoms with Crippen LogP contribution in [0.3, 0.4) is 0 Å². The predicted octanol–water partition coefficient (Wildman–Crippen LogP) is 2.67. The Morgan fingerprint density at radius 2 is 2.10 bits per heavy atom. The first kappa shape index (κ1) is 17.9. The average Bonchev–Trinajstić information content (AvgIpc) is 2.74. The van der Waals surface area contributed by atoms with Crippen molar-refractivity contribution in [1.82, 2.24) is 15.1 Å². The fourth-order valence-corrected chi connectivity index (χ4v) is 3.24. The van der Waals surface area contributed by atoms with Crippen LogP contribution >= 0.6 is 0 Å². The Hall–Kier alpha value is -0.120. The lowest BCUT2D eigenvalue weighted by atomic mass is 9.86. The molecule has 120 valence electrons. The summed E-state index contributed by atoms with van der Waals surface area (Å²) < 4.78 is 0. The van der Waals surface area contributed by atoms with Crippen molar-refractivity contribution in [1.29, 1.82) is 0 Å². The summed E-state index contributed by atoms with van der Waals surface area (Å²) in [6.45, 7) is 15.3. The summed E-state index contributed by atoms with van der Waals surface area (Å²) in [7, 11) is 4.57. The maximum Gasteiger partial charge on any atom is 0.0220 e. The Morgan fingerprint density at radius 3 is 2.60 bits per heavy atom. The molecule has 1 rings (SSSR count). The molecule has 0 radical (unpaired) electrons. The normalized spacial score (nSPS) is 23.7. The van der Waals surface area contributed by atoms with Gasteiger partial charge in [-0.3, -0.25) is 0 Å². The summed E-state index contributed by atoms with van der Waals surface area (Å²) in [5.41, 5.74) is 0.390. The van der Waals surface area contributed by atoms with E-state index in [9.17, 15) is 0 Å².